The third-order valence-corrected chi connectivity index (χ3v) is 3.78. The molecular formula is C12H14BrClO. The Labute approximate surface area is 104 Å². The summed E-state index contributed by atoms with van der Waals surface area (Å²) in [6, 6.07) is 6.01. The van der Waals surface area contributed by atoms with Crippen molar-refractivity contribution in [3.05, 3.63) is 28.2 Å². The van der Waals surface area contributed by atoms with Crippen molar-refractivity contribution in [3.8, 4) is 5.75 Å². The van der Waals surface area contributed by atoms with Crippen LogP contribution in [0.2, 0.25) is 0 Å². The van der Waals surface area contributed by atoms with Crippen LogP contribution in [0.5, 0.6) is 5.75 Å². The number of rotatable bonds is 4. The van der Waals surface area contributed by atoms with E-state index in [-0.39, 0.29) is 0 Å². The molecule has 0 aliphatic heterocycles. The molecule has 1 aromatic carbocycles. The van der Waals surface area contributed by atoms with Gasteiger partial charge < -0.3 is 4.74 Å². The van der Waals surface area contributed by atoms with Gasteiger partial charge in [0, 0.05) is 5.88 Å². The molecule has 0 heterocycles. The maximum absolute atomic E-state index is 5.75. The van der Waals surface area contributed by atoms with Crippen LogP contribution in [0.15, 0.2) is 22.7 Å². The highest BCUT2D eigenvalue weighted by Gasteiger charge is 2.18. The minimum atomic E-state index is 0.543. The summed E-state index contributed by atoms with van der Waals surface area (Å²) in [7, 11) is 0. The molecular weight excluding hydrogens is 275 g/mol. The lowest BCUT2D eigenvalue weighted by Gasteiger charge is -2.25. The summed E-state index contributed by atoms with van der Waals surface area (Å²) in [6.07, 6.45) is 4.00. The Morgan fingerprint density at radius 1 is 1.40 bits per heavy atom. The van der Waals surface area contributed by atoms with E-state index in [9.17, 15) is 0 Å². The lowest BCUT2D eigenvalue weighted by molar-refractivity contribution is 0.180. The molecule has 0 amide bonds. The van der Waals surface area contributed by atoms with Crippen molar-refractivity contribution in [2.75, 3.05) is 6.61 Å². The zero-order valence-electron chi connectivity index (χ0n) is 8.51. The maximum atomic E-state index is 5.75. The highest BCUT2D eigenvalue weighted by Crippen LogP contribution is 2.30. The smallest absolute Gasteiger partial charge is 0.133 e. The molecule has 3 heteroatoms. The molecule has 2 rings (SSSR count). The molecule has 82 valence electrons. The number of hydrogen-bond donors (Lipinski definition) is 0. The summed E-state index contributed by atoms with van der Waals surface area (Å²) in [5, 5.41) is 0. The number of benzene rings is 1. The minimum Gasteiger partial charge on any atom is -0.492 e. The third-order valence-electron chi connectivity index (χ3n) is 2.85. The molecule has 0 N–H and O–H groups in total. The van der Waals surface area contributed by atoms with Crippen LogP contribution >= 0.6 is 27.5 Å². The van der Waals surface area contributed by atoms with E-state index in [1.165, 1.54) is 19.3 Å². The van der Waals surface area contributed by atoms with Crippen LogP contribution in [0, 0.1) is 5.92 Å². The number of halogens is 2. The van der Waals surface area contributed by atoms with Crippen molar-refractivity contribution in [1.82, 2.24) is 0 Å². The van der Waals surface area contributed by atoms with Crippen LogP contribution in [0.4, 0.5) is 0 Å². The van der Waals surface area contributed by atoms with E-state index in [1.807, 2.05) is 18.2 Å². The molecule has 1 nitrogen and oxygen atoms in total. The largest absolute Gasteiger partial charge is 0.492 e. The van der Waals surface area contributed by atoms with E-state index in [1.54, 1.807) is 0 Å². The topological polar surface area (TPSA) is 9.23 Å². The average molecular weight is 290 g/mol. The Morgan fingerprint density at radius 2 is 2.20 bits per heavy atom. The SMILES string of the molecule is ClCc1ccc(OCC2CCC2)c(Br)c1. The maximum Gasteiger partial charge on any atom is 0.133 e. The van der Waals surface area contributed by atoms with Crippen molar-refractivity contribution in [2.45, 2.75) is 25.1 Å². The Kier molecular flexibility index (Phi) is 3.92. The zero-order valence-corrected chi connectivity index (χ0v) is 10.9. The summed E-state index contributed by atoms with van der Waals surface area (Å²) in [4.78, 5) is 0. The molecule has 1 fully saturated rings. The fourth-order valence-electron chi connectivity index (χ4n) is 1.61. The van der Waals surface area contributed by atoms with E-state index in [0.717, 1.165) is 28.3 Å². The van der Waals surface area contributed by atoms with Crippen molar-refractivity contribution in [2.24, 2.45) is 5.92 Å². The second kappa shape index (κ2) is 5.22. The predicted octanol–water partition coefficient (Wildman–Crippen LogP) is 4.37. The molecule has 1 aromatic rings. The first-order valence-electron chi connectivity index (χ1n) is 5.27. The summed E-state index contributed by atoms with van der Waals surface area (Å²) < 4.78 is 6.75. The zero-order chi connectivity index (χ0) is 10.7. The first-order valence-corrected chi connectivity index (χ1v) is 6.59. The van der Waals surface area contributed by atoms with Crippen molar-refractivity contribution < 1.29 is 4.74 Å². The van der Waals surface area contributed by atoms with E-state index < -0.39 is 0 Å². The summed E-state index contributed by atoms with van der Waals surface area (Å²) in [6.45, 7) is 0.846. The molecule has 1 aliphatic carbocycles. The lowest BCUT2D eigenvalue weighted by Crippen LogP contribution is -2.19. The first-order chi connectivity index (χ1) is 7.29. The monoisotopic (exact) mass is 288 g/mol. The van der Waals surface area contributed by atoms with Crippen LogP contribution < -0.4 is 4.74 Å². The molecule has 0 aromatic heterocycles. The Hall–Kier alpha value is -0.210. The van der Waals surface area contributed by atoms with Gasteiger partial charge in [-0.25, -0.2) is 0 Å². The van der Waals surface area contributed by atoms with Gasteiger partial charge in [0.25, 0.3) is 0 Å². The Morgan fingerprint density at radius 3 is 2.73 bits per heavy atom. The molecule has 0 bridgehead atoms. The van der Waals surface area contributed by atoms with Crippen LogP contribution in [-0.2, 0) is 5.88 Å². The highest BCUT2D eigenvalue weighted by atomic mass is 79.9. The van der Waals surface area contributed by atoms with Gasteiger partial charge in [-0.05, 0) is 52.4 Å². The standard InChI is InChI=1S/C12H14BrClO/c13-11-6-10(7-14)4-5-12(11)15-8-9-2-1-3-9/h4-6,9H,1-3,7-8H2. The molecule has 0 atom stereocenters. The van der Waals surface area contributed by atoms with Gasteiger partial charge in [0.05, 0.1) is 11.1 Å². The summed E-state index contributed by atoms with van der Waals surface area (Å²) in [5.74, 6) is 2.24. The van der Waals surface area contributed by atoms with E-state index in [0.29, 0.717) is 5.88 Å². The average Bonchev–Trinajstić information content (AvgIpc) is 2.18. The molecule has 15 heavy (non-hydrogen) atoms. The van der Waals surface area contributed by atoms with Gasteiger partial charge in [0.15, 0.2) is 0 Å². The molecule has 0 spiro atoms. The van der Waals surface area contributed by atoms with E-state index >= 15 is 0 Å². The quantitative estimate of drug-likeness (QED) is 0.748. The van der Waals surface area contributed by atoms with E-state index in [2.05, 4.69) is 15.9 Å². The third kappa shape index (κ3) is 2.88. The van der Waals surface area contributed by atoms with Crippen molar-refractivity contribution in [1.29, 1.82) is 0 Å². The number of alkyl halides is 1. The van der Waals surface area contributed by atoms with Crippen LogP contribution in [0.25, 0.3) is 0 Å². The molecule has 0 radical (unpaired) electrons. The van der Waals surface area contributed by atoms with Crippen LogP contribution in [0.1, 0.15) is 24.8 Å². The lowest BCUT2D eigenvalue weighted by atomic mass is 9.86. The predicted molar refractivity (Wildman–Crippen MR) is 66.5 cm³/mol. The fourth-order valence-corrected chi connectivity index (χ4v) is 2.32. The summed E-state index contributed by atoms with van der Waals surface area (Å²) >= 11 is 9.24. The normalized spacial score (nSPS) is 16.1. The van der Waals surface area contributed by atoms with Crippen LogP contribution in [0.3, 0.4) is 0 Å². The van der Waals surface area contributed by atoms with Gasteiger partial charge in [0.1, 0.15) is 5.75 Å². The Bertz CT molecular complexity index is 336. The van der Waals surface area contributed by atoms with Crippen LogP contribution in [-0.4, -0.2) is 6.61 Å². The van der Waals surface area contributed by atoms with Gasteiger partial charge in [0.2, 0.25) is 0 Å². The number of hydrogen-bond acceptors (Lipinski definition) is 1. The minimum absolute atomic E-state index is 0.543. The fraction of sp³-hybridized carbons (Fsp3) is 0.500. The second-order valence-corrected chi connectivity index (χ2v) is 5.13. The van der Waals surface area contributed by atoms with Crippen molar-refractivity contribution >= 4 is 27.5 Å². The molecule has 1 saturated carbocycles. The van der Waals surface area contributed by atoms with Gasteiger partial charge in [-0.2, -0.15) is 0 Å². The second-order valence-electron chi connectivity index (χ2n) is 4.01. The Balaban J connectivity index is 1.95. The molecule has 1 aliphatic rings. The van der Waals surface area contributed by atoms with Gasteiger partial charge >= 0.3 is 0 Å². The van der Waals surface area contributed by atoms with Gasteiger partial charge in [-0.3, -0.25) is 0 Å². The first kappa shape index (κ1) is 11.3. The van der Waals surface area contributed by atoms with E-state index in [4.69, 9.17) is 16.3 Å². The molecule has 0 saturated heterocycles. The summed E-state index contributed by atoms with van der Waals surface area (Å²) in [5.41, 5.74) is 1.11. The van der Waals surface area contributed by atoms with Gasteiger partial charge in [-0.1, -0.05) is 12.5 Å². The van der Waals surface area contributed by atoms with Gasteiger partial charge in [-0.15, -0.1) is 11.6 Å². The van der Waals surface area contributed by atoms with Crippen molar-refractivity contribution in [3.63, 3.8) is 0 Å². The number of ether oxygens (including phenoxy) is 1. The molecule has 0 unspecified atom stereocenters. The highest BCUT2D eigenvalue weighted by molar-refractivity contribution is 9.10.